The van der Waals surface area contributed by atoms with Gasteiger partial charge in [-0.15, -0.1) is 0 Å². The van der Waals surface area contributed by atoms with Crippen LogP contribution in [0, 0.1) is 12.7 Å². The van der Waals surface area contributed by atoms with Crippen molar-refractivity contribution in [1.29, 1.82) is 0 Å². The van der Waals surface area contributed by atoms with Crippen LogP contribution in [-0.4, -0.2) is 9.97 Å². The number of hydrogen-bond donors (Lipinski definition) is 2. The molecule has 0 unspecified atom stereocenters. The van der Waals surface area contributed by atoms with Crippen LogP contribution >= 0.6 is 0 Å². The van der Waals surface area contributed by atoms with Crippen molar-refractivity contribution >= 4 is 23.1 Å². The highest BCUT2D eigenvalue weighted by molar-refractivity contribution is 5.60. The molecule has 22 heavy (non-hydrogen) atoms. The maximum Gasteiger partial charge on any atom is 0.229 e. The van der Waals surface area contributed by atoms with E-state index in [9.17, 15) is 4.39 Å². The van der Waals surface area contributed by atoms with Gasteiger partial charge in [0.1, 0.15) is 11.6 Å². The van der Waals surface area contributed by atoms with E-state index in [-0.39, 0.29) is 5.82 Å². The lowest BCUT2D eigenvalue weighted by molar-refractivity contribution is 0.631. The number of halogens is 1. The summed E-state index contributed by atoms with van der Waals surface area (Å²) in [6, 6.07) is 18.0. The van der Waals surface area contributed by atoms with E-state index in [0.717, 1.165) is 11.4 Å². The molecule has 110 valence electrons. The number of hydrogen-bond acceptors (Lipinski definition) is 4. The van der Waals surface area contributed by atoms with Gasteiger partial charge in [0.25, 0.3) is 0 Å². The summed E-state index contributed by atoms with van der Waals surface area (Å²) < 4.78 is 13.7. The van der Waals surface area contributed by atoms with Gasteiger partial charge in [0.15, 0.2) is 0 Å². The summed E-state index contributed by atoms with van der Waals surface area (Å²) >= 11 is 0. The van der Waals surface area contributed by atoms with Gasteiger partial charge in [0.2, 0.25) is 5.95 Å². The summed E-state index contributed by atoms with van der Waals surface area (Å²) in [5.41, 5.74) is 2.06. The number of nitrogens with zero attached hydrogens (tertiary/aromatic N) is 2. The summed E-state index contributed by atoms with van der Waals surface area (Å²) in [7, 11) is 0. The number of para-hydroxylation sites is 2. The molecular weight excluding hydrogens is 279 g/mol. The van der Waals surface area contributed by atoms with Crippen LogP contribution in [0.5, 0.6) is 0 Å². The van der Waals surface area contributed by atoms with E-state index in [1.54, 1.807) is 18.2 Å². The Morgan fingerprint density at radius 3 is 2.36 bits per heavy atom. The van der Waals surface area contributed by atoms with Crippen molar-refractivity contribution in [2.75, 3.05) is 10.6 Å². The fraction of sp³-hybridized carbons (Fsp3) is 0.0588. The molecule has 0 atom stereocenters. The summed E-state index contributed by atoms with van der Waals surface area (Å²) in [5, 5.41) is 6.10. The van der Waals surface area contributed by atoms with Crippen molar-refractivity contribution in [2.24, 2.45) is 0 Å². The van der Waals surface area contributed by atoms with Crippen molar-refractivity contribution in [3.63, 3.8) is 0 Å². The number of benzene rings is 2. The Balaban J connectivity index is 1.85. The van der Waals surface area contributed by atoms with Gasteiger partial charge in [0, 0.05) is 17.4 Å². The first-order chi connectivity index (χ1) is 10.7. The van der Waals surface area contributed by atoms with Crippen LogP contribution in [0.1, 0.15) is 5.69 Å². The van der Waals surface area contributed by atoms with Crippen LogP contribution in [0.3, 0.4) is 0 Å². The van der Waals surface area contributed by atoms with E-state index in [0.29, 0.717) is 17.5 Å². The highest BCUT2D eigenvalue weighted by Crippen LogP contribution is 2.20. The maximum atomic E-state index is 13.7. The van der Waals surface area contributed by atoms with Gasteiger partial charge in [-0.3, -0.25) is 0 Å². The Kier molecular flexibility index (Phi) is 3.96. The molecular formula is C17H15FN4. The summed E-state index contributed by atoms with van der Waals surface area (Å²) in [6.45, 7) is 1.87. The second-order valence-electron chi connectivity index (χ2n) is 4.81. The van der Waals surface area contributed by atoms with Gasteiger partial charge in [-0.25, -0.2) is 9.37 Å². The minimum absolute atomic E-state index is 0.342. The quantitative estimate of drug-likeness (QED) is 0.748. The lowest BCUT2D eigenvalue weighted by atomic mass is 10.3. The molecule has 0 radical (unpaired) electrons. The molecule has 0 spiro atoms. The molecule has 0 amide bonds. The predicted molar refractivity (Wildman–Crippen MR) is 86.2 cm³/mol. The van der Waals surface area contributed by atoms with Crippen LogP contribution < -0.4 is 10.6 Å². The molecule has 2 aromatic carbocycles. The lowest BCUT2D eigenvalue weighted by Crippen LogP contribution is -2.03. The Bertz CT molecular complexity index is 775. The average molecular weight is 294 g/mol. The molecule has 0 aliphatic carbocycles. The zero-order valence-corrected chi connectivity index (χ0v) is 12.0. The molecule has 0 saturated heterocycles. The largest absolute Gasteiger partial charge is 0.340 e. The Hall–Kier alpha value is -2.95. The second-order valence-corrected chi connectivity index (χ2v) is 4.81. The van der Waals surface area contributed by atoms with Gasteiger partial charge < -0.3 is 10.6 Å². The molecule has 0 fully saturated rings. The molecule has 1 heterocycles. The number of anilines is 4. The molecule has 1 aromatic heterocycles. The van der Waals surface area contributed by atoms with Gasteiger partial charge in [-0.1, -0.05) is 30.3 Å². The standard InChI is InChI=1S/C17H15FN4/c1-12-11-16(20-13-7-3-2-4-8-13)22-17(19-12)21-15-10-6-5-9-14(15)18/h2-11H,1H3,(H2,19,20,21,22). The molecule has 5 heteroatoms. The van der Waals surface area contributed by atoms with E-state index in [4.69, 9.17) is 0 Å². The van der Waals surface area contributed by atoms with Crippen LogP contribution in [0.2, 0.25) is 0 Å². The van der Waals surface area contributed by atoms with Gasteiger partial charge in [-0.2, -0.15) is 4.98 Å². The van der Waals surface area contributed by atoms with Crippen LogP contribution in [0.4, 0.5) is 27.5 Å². The lowest BCUT2D eigenvalue weighted by Gasteiger charge is -2.10. The number of aromatic nitrogens is 2. The van der Waals surface area contributed by atoms with Crippen LogP contribution in [0.25, 0.3) is 0 Å². The molecule has 4 nitrogen and oxygen atoms in total. The smallest absolute Gasteiger partial charge is 0.229 e. The molecule has 0 aliphatic rings. The topological polar surface area (TPSA) is 49.8 Å². The second kappa shape index (κ2) is 6.22. The SMILES string of the molecule is Cc1cc(Nc2ccccc2)nc(Nc2ccccc2F)n1. The Labute approximate surface area is 128 Å². The van der Waals surface area contributed by atoms with Gasteiger partial charge >= 0.3 is 0 Å². The molecule has 0 saturated carbocycles. The fourth-order valence-corrected chi connectivity index (χ4v) is 2.04. The van der Waals surface area contributed by atoms with Gasteiger partial charge in [0.05, 0.1) is 5.69 Å². The third-order valence-corrected chi connectivity index (χ3v) is 3.02. The van der Waals surface area contributed by atoms with Crippen molar-refractivity contribution < 1.29 is 4.39 Å². The summed E-state index contributed by atoms with van der Waals surface area (Å²) in [6.07, 6.45) is 0. The Morgan fingerprint density at radius 1 is 0.864 bits per heavy atom. The molecule has 3 rings (SSSR count). The zero-order valence-electron chi connectivity index (χ0n) is 12.0. The number of nitrogens with one attached hydrogen (secondary N) is 2. The highest BCUT2D eigenvalue weighted by Gasteiger charge is 2.06. The molecule has 3 aromatic rings. The van der Waals surface area contributed by atoms with E-state index >= 15 is 0 Å². The van der Waals surface area contributed by atoms with Crippen LogP contribution in [-0.2, 0) is 0 Å². The van der Waals surface area contributed by atoms with E-state index in [1.165, 1.54) is 6.07 Å². The minimum Gasteiger partial charge on any atom is -0.340 e. The van der Waals surface area contributed by atoms with Crippen molar-refractivity contribution in [3.05, 3.63) is 72.2 Å². The number of rotatable bonds is 4. The summed E-state index contributed by atoms with van der Waals surface area (Å²) in [5.74, 6) is 0.659. The van der Waals surface area contributed by atoms with E-state index in [2.05, 4.69) is 20.6 Å². The van der Waals surface area contributed by atoms with Crippen molar-refractivity contribution in [3.8, 4) is 0 Å². The molecule has 0 aliphatic heterocycles. The number of aryl methyl sites for hydroxylation is 1. The average Bonchev–Trinajstić information content (AvgIpc) is 2.50. The first-order valence-electron chi connectivity index (χ1n) is 6.90. The van der Waals surface area contributed by atoms with E-state index in [1.807, 2.05) is 43.3 Å². The monoisotopic (exact) mass is 294 g/mol. The minimum atomic E-state index is -0.342. The van der Waals surface area contributed by atoms with Gasteiger partial charge in [-0.05, 0) is 31.2 Å². The third kappa shape index (κ3) is 3.38. The Morgan fingerprint density at radius 2 is 1.59 bits per heavy atom. The third-order valence-electron chi connectivity index (χ3n) is 3.02. The fourth-order valence-electron chi connectivity index (χ4n) is 2.04. The first kappa shape index (κ1) is 14.0. The van der Waals surface area contributed by atoms with E-state index < -0.39 is 0 Å². The van der Waals surface area contributed by atoms with Crippen molar-refractivity contribution in [2.45, 2.75) is 6.92 Å². The predicted octanol–water partition coefficient (Wildman–Crippen LogP) is 4.41. The summed E-state index contributed by atoms with van der Waals surface area (Å²) in [4.78, 5) is 8.65. The first-order valence-corrected chi connectivity index (χ1v) is 6.90. The maximum absolute atomic E-state index is 13.7. The zero-order chi connectivity index (χ0) is 15.4. The molecule has 0 bridgehead atoms. The molecule has 2 N–H and O–H groups in total. The normalized spacial score (nSPS) is 10.3. The van der Waals surface area contributed by atoms with Crippen molar-refractivity contribution in [1.82, 2.24) is 9.97 Å². The van der Waals surface area contributed by atoms with Crippen LogP contribution in [0.15, 0.2) is 60.7 Å². The highest BCUT2D eigenvalue weighted by atomic mass is 19.1.